The number of amides is 1. The molecular formula is C13H17N3OS. The van der Waals surface area contributed by atoms with Gasteiger partial charge >= 0.3 is 0 Å². The number of aryl methyl sites for hydroxylation is 2. The second kappa shape index (κ2) is 4.03. The Balaban J connectivity index is 1.52. The lowest BCUT2D eigenvalue weighted by Gasteiger charge is -2.13. The molecule has 4 rings (SSSR count). The molecule has 2 fully saturated rings. The van der Waals surface area contributed by atoms with E-state index in [-0.39, 0.29) is 11.9 Å². The van der Waals surface area contributed by atoms with Gasteiger partial charge in [0.15, 0.2) is 5.13 Å². The predicted octanol–water partition coefficient (Wildman–Crippen LogP) is 1.49. The number of fused-ring (bicyclic) bond motifs is 1. The van der Waals surface area contributed by atoms with Crippen LogP contribution in [0.4, 0.5) is 5.13 Å². The van der Waals surface area contributed by atoms with E-state index >= 15 is 0 Å². The Morgan fingerprint density at radius 2 is 2.17 bits per heavy atom. The van der Waals surface area contributed by atoms with Gasteiger partial charge in [0.1, 0.15) is 0 Å². The summed E-state index contributed by atoms with van der Waals surface area (Å²) in [5.41, 5.74) is 1.24. The van der Waals surface area contributed by atoms with Gasteiger partial charge in [0.05, 0.1) is 11.7 Å². The number of anilines is 1. The van der Waals surface area contributed by atoms with Crippen molar-refractivity contribution in [2.45, 2.75) is 50.6 Å². The van der Waals surface area contributed by atoms with Crippen LogP contribution in [-0.4, -0.2) is 29.5 Å². The lowest BCUT2D eigenvalue weighted by molar-refractivity contribution is -0.118. The third-order valence-electron chi connectivity index (χ3n) is 4.04. The number of hydrogen-bond donors (Lipinski definition) is 1. The molecule has 0 bridgehead atoms. The van der Waals surface area contributed by atoms with Crippen molar-refractivity contribution in [3.63, 3.8) is 0 Å². The SMILES string of the molecule is O=C1C(NC2CC2)CCN1c1nc2c(s1)CCC2. The molecule has 2 heterocycles. The number of carbonyl (C=O) groups excluding carboxylic acids is 1. The van der Waals surface area contributed by atoms with Gasteiger partial charge in [-0.2, -0.15) is 0 Å². The minimum atomic E-state index is 0.0382. The predicted molar refractivity (Wildman–Crippen MR) is 71.1 cm³/mol. The molecule has 96 valence electrons. The molecule has 1 aromatic rings. The van der Waals surface area contributed by atoms with E-state index in [0.29, 0.717) is 6.04 Å². The first-order chi connectivity index (χ1) is 8.81. The zero-order chi connectivity index (χ0) is 12.1. The van der Waals surface area contributed by atoms with E-state index in [1.54, 1.807) is 11.3 Å². The first-order valence-electron chi connectivity index (χ1n) is 6.87. The van der Waals surface area contributed by atoms with Crippen LogP contribution in [0, 0.1) is 0 Å². The van der Waals surface area contributed by atoms with Crippen molar-refractivity contribution < 1.29 is 4.79 Å². The molecule has 4 nitrogen and oxygen atoms in total. The highest BCUT2D eigenvalue weighted by Gasteiger charge is 2.37. The summed E-state index contributed by atoms with van der Waals surface area (Å²) in [5, 5.41) is 4.37. The molecule has 1 amide bonds. The number of nitrogens with zero attached hydrogens (tertiary/aromatic N) is 2. The summed E-state index contributed by atoms with van der Waals surface area (Å²) in [5.74, 6) is 0.231. The van der Waals surface area contributed by atoms with E-state index < -0.39 is 0 Å². The third kappa shape index (κ3) is 1.77. The molecule has 0 radical (unpaired) electrons. The highest BCUT2D eigenvalue weighted by molar-refractivity contribution is 7.16. The standard InChI is InChI=1S/C13H17N3OS/c17-12-10(14-8-4-5-8)6-7-16(12)13-15-9-2-1-3-11(9)18-13/h8,10,14H,1-7H2. The van der Waals surface area contributed by atoms with Crippen LogP contribution in [0.15, 0.2) is 0 Å². The van der Waals surface area contributed by atoms with Crippen molar-refractivity contribution in [1.82, 2.24) is 10.3 Å². The molecule has 1 atom stereocenters. The van der Waals surface area contributed by atoms with Gasteiger partial charge in [-0.15, -0.1) is 11.3 Å². The van der Waals surface area contributed by atoms with Crippen molar-refractivity contribution in [2.75, 3.05) is 11.4 Å². The van der Waals surface area contributed by atoms with Gasteiger partial charge in [-0.25, -0.2) is 4.98 Å². The van der Waals surface area contributed by atoms with Crippen LogP contribution in [0.1, 0.15) is 36.3 Å². The Bertz CT molecular complexity index is 473. The second-order valence-electron chi connectivity index (χ2n) is 5.49. The number of hydrogen-bond acceptors (Lipinski definition) is 4. The second-order valence-corrected chi connectivity index (χ2v) is 6.55. The monoisotopic (exact) mass is 263 g/mol. The third-order valence-corrected chi connectivity index (χ3v) is 5.22. The minimum Gasteiger partial charge on any atom is -0.303 e. The lowest BCUT2D eigenvalue weighted by Crippen LogP contribution is -2.39. The quantitative estimate of drug-likeness (QED) is 0.898. The average molecular weight is 263 g/mol. The number of carbonyl (C=O) groups is 1. The van der Waals surface area contributed by atoms with E-state index in [1.807, 2.05) is 4.90 Å². The minimum absolute atomic E-state index is 0.0382. The molecule has 1 aromatic heterocycles. The van der Waals surface area contributed by atoms with E-state index in [9.17, 15) is 4.79 Å². The molecule has 1 N–H and O–H groups in total. The molecular weight excluding hydrogens is 246 g/mol. The highest BCUT2D eigenvalue weighted by atomic mass is 32.1. The maximum atomic E-state index is 12.3. The zero-order valence-electron chi connectivity index (χ0n) is 10.3. The van der Waals surface area contributed by atoms with Crippen molar-refractivity contribution in [1.29, 1.82) is 0 Å². The Morgan fingerprint density at radius 1 is 1.28 bits per heavy atom. The van der Waals surface area contributed by atoms with Crippen LogP contribution >= 0.6 is 11.3 Å². The van der Waals surface area contributed by atoms with E-state index in [2.05, 4.69) is 10.3 Å². The normalized spacial score (nSPS) is 27.0. The summed E-state index contributed by atoms with van der Waals surface area (Å²) in [6.45, 7) is 0.829. The maximum Gasteiger partial charge on any atom is 0.245 e. The number of thiazole rings is 1. The van der Waals surface area contributed by atoms with Crippen molar-refractivity contribution in [3.05, 3.63) is 10.6 Å². The fourth-order valence-electron chi connectivity index (χ4n) is 2.85. The number of rotatable bonds is 3. The number of aromatic nitrogens is 1. The molecule has 5 heteroatoms. The molecule has 3 aliphatic rings. The average Bonchev–Trinajstić information content (AvgIpc) is 2.74. The Labute approximate surface area is 110 Å². The molecule has 1 unspecified atom stereocenters. The van der Waals surface area contributed by atoms with Crippen molar-refractivity contribution >= 4 is 22.4 Å². The summed E-state index contributed by atoms with van der Waals surface area (Å²) in [6, 6.07) is 0.636. The summed E-state index contributed by atoms with van der Waals surface area (Å²) in [6.07, 6.45) is 6.87. The van der Waals surface area contributed by atoms with Crippen LogP contribution < -0.4 is 10.2 Å². The Morgan fingerprint density at radius 3 is 2.94 bits per heavy atom. The Kier molecular flexibility index (Phi) is 2.45. The van der Waals surface area contributed by atoms with Crippen molar-refractivity contribution in [2.24, 2.45) is 0 Å². The molecule has 1 saturated heterocycles. The molecule has 1 aliphatic heterocycles. The van der Waals surface area contributed by atoms with Gasteiger partial charge in [-0.05, 0) is 38.5 Å². The smallest absolute Gasteiger partial charge is 0.245 e. The first-order valence-corrected chi connectivity index (χ1v) is 7.69. The fraction of sp³-hybridized carbons (Fsp3) is 0.692. The maximum absolute atomic E-state index is 12.3. The van der Waals surface area contributed by atoms with Gasteiger partial charge in [-0.3, -0.25) is 9.69 Å². The van der Waals surface area contributed by atoms with Crippen LogP contribution in [0.2, 0.25) is 0 Å². The van der Waals surface area contributed by atoms with Crippen LogP contribution in [0.25, 0.3) is 0 Å². The lowest BCUT2D eigenvalue weighted by atomic mass is 10.2. The molecule has 1 saturated carbocycles. The first kappa shape index (κ1) is 10.9. The van der Waals surface area contributed by atoms with Crippen molar-refractivity contribution in [3.8, 4) is 0 Å². The zero-order valence-corrected chi connectivity index (χ0v) is 11.1. The van der Waals surface area contributed by atoms with Crippen LogP contribution in [-0.2, 0) is 17.6 Å². The molecule has 0 spiro atoms. The largest absolute Gasteiger partial charge is 0.303 e. The molecule has 0 aromatic carbocycles. The molecule has 18 heavy (non-hydrogen) atoms. The van der Waals surface area contributed by atoms with Gasteiger partial charge in [-0.1, -0.05) is 0 Å². The van der Waals surface area contributed by atoms with E-state index in [0.717, 1.165) is 30.9 Å². The van der Waals surface area contributed by atoms with Crippen LogP contribution in [0.3, 0.4) is 0 Å². The Hall–Kier alpha value is -0.940. The van der Waals surface area contributed by atoms with Gasteiger partial charge < -0.3 is 5.32 Å². The summed E-state index contributed by atoms with van der Waals surface area (Å²) in [7, 11) is 0. The topological polar surface area (TPSA) is 45.2 Å². The fourth-order valence-corrected chi connectivity index (χ4v) is 4.03. The van der Waals surface area contributed by atoms with E-state index in [4.69, 9.17) is 0 Å². The van der Waals surface area contributed by atoms with Gasteiger partial charge in [0.2, 0.25) is 5.91 Å². The summed E-state index contributed by atoms with van der Waals surface area (Å²) < 4.78 is 0. The van der Waals surface area contributed by atoms with Crippen LogP contribution in [0.5, 0.6) is 0 Å². The van der Waals surface area contributed by atoms with E-state index in [1.165, 1.54) is 29.8 Å². The number of nitrogens with one attached hydrogen (secondary N) is 1. The van der Waals surface area contributed by atoms with Gasteiger partial charge in [0, 0.05) is 17.5 Å². The summed E-state index contributed by atoms with van der Waals surface area (Å²) in [4.78, 5) is 20.3. The molecule has 2 aliphatic carbocycles. The van der Waals surface area contributed by atoms with Gasteiger partial charge in [0.25, 0.3) is 0 Å². The summed E-state index contributed by atoms with van der Waals surface area (Å²) >= 11 is 1.73. The highest BCUT2D eigenvalue weighted by Crippen LogP contribution is 2.34.